The molecule has 0 heterocycles. The van der Waals surface area contributed by atoms with E-state index in [0.717, 1.165) is 6.66 Å². The summed E-state index contributed by atoms with van der Waals surface area (Å²) in [4.78, 5) is 37.5. The van der Waals surface area contributed by atoms with Gasteiger partial charge >= 0.3 is 23.2 Å². The number of phosphoric ester groups is 2. The summed E-state index contributed by atoms with van der Waals surface area (Å²) in [7, 11) is -11.5. The van der Waals surface area contributed by atoms with Gasteiger partial charge in [-0.25, -0.2) is 18.6 Å². The molecule has 0 saturated heterocycles. The lowest BCUT2D eigenvalue weighted by Crippen LogP contribution is -2.23. The molecule has 0 aliphatic heterocycles. The highest BCUT2D eigenvalue weighted by Gasteiger charge is 2.30. The second-order valence-corrected chi connectivity index (χ2v) is 13.6. The van der Waals surface area contributed by atoms with Crippen molar-refractivity contribution in [3.63, 3.8) is 0 Å². The minimum Gasteiger partial charge on any atom is -0.429 e. The lowest BCUT2D eigenvalue weighted by Gasteiger charge is -2.22. The maximum atomic E-state index is 12.4. The molecule has 27 heteroatoms. The first-order valence-electron chi connectivity index (χ1n) is 14.8. The van der Waals surface area contributed by atoms with Gasteiger partial charge in [0.1, 0.15) is 12.9 Å². The number of hydrogen-bond donors (Lipinski definition) is 5. The summed E-state index contributed by atoms with van der Waals surface area (Å²) in [6.45, 7) is 1.99. The molecule has 0 rings (SSSR count). The van der Waals surface area contributed by atoms with Gasteiger partial charge in [0.05, 0.1) is 112 Å². The highest BCUT2D eigenvalue weighted by atomic mass is 31.2. The minimum atomic E-state index is -4.75. The van der Waals surface area contributed by atoms with Gasteiger partial charge in [-0.2, -0.15) is 0 Å². The quantitative estimate of drug-likeness (QED) is 0.0140. The second kappa shape index (κ2) is 32.9. The maximum absolute atomic E-state index is 12.4. The molecule has 0 radical (unpaired) electrons. The third-order valence-electron chi connectivity index (χ3n) is 4.67. The lowest BCUT2D eigenvalue weighted by atomic mass is 10.3. The van der Waals surface area contributed by atoms with Gasteiger partial charge in [0, 0.05) is 16.7 Å². The molecular formula is C23H50NO23P3. The normalized spacial score (nSPS) is 16.2. The number of aliphatic hydroxyl groups excluding tert-OH is 1. The first kappa shape index (κ1) is 49.3. The van der Waals surface area contributed by atoms with Crippen LogP contribution in [0.2, 0.25) is 0 Å². The smallest absolute Gasteiger partial charge is 0.429 e. The number of nitrogens with one attached hydrogen (secondary N) is 1. The summed E-state index contributed by atoms with van der Waals surface area (Å²) >= 11 is 0. The van der Waals surface area contributed by atoms with E-state index in [4.69, 9.17) is 56.5 Å². The monoisotopic (exact) mass is 801 g/mol. The molecule has 0 fully saturated rings. The Morgan fingerprint density at radius 1 is 0.620 bits per heavy atom. The summed E-state index contributed by atoms with van der Waals surface area (Å²) in [6.07, 6.45) is 0.103. The molecule has 0 spiro atoms. The predicted molar refractivity (Wildman–Crippen MR) is 164 cm³/mol. The Balaban J connectivity index is 4.14. The van der Waals surface area contributed by atoms with Crippen LogP contribution in [0.5, 0.6) is 0 Å². The lowest BCUT2D eigenvalue weighted by molar-refractivity contribution is -0.700. The van der Waals surface area contributed by atoms with Crippen LogP contribution in [0.3, 0.4) is 0 Å². The van der Waals surface area contributed by atoms with E-state index in [1.165, 1.54) is 0 Å². The van der Waals surface area contributed by atoms with Gasteiger partial charge in [-0.15, -0.1) is 0 Å². The van der Waals surface area contributed by atoms with Crippen molar-refractivity contribution in [1.29, 1.82) is 0 Å². The second-order valence-electron chi connectivity index (χ2n) is 8.91. The highest BCUT2D eigenvalue weighted by molar-refractivity contribution is 7.52. The molecule has 0 aromatic carbocycles. The molecule has 300 valence electrons. The van der Waals surface area contributed by atoms with Gasteiger partial charge < -0.3 is 57.6 Å². The van der Waals surface area contributed by atoms with Crippen molar-refractivity contribution in [3.8, 4) is 0 Å². The predicted octanol–water partition coefficient (Wildman–Crippen LogP) is 0.327. The largest absolute Gasteiger partial charge is 0.472 e. The van der Waals surface area contributed by atoms with Crippen LogP contribution in [0.15, 0.2) is 12.5 Å². The van der Waals surface area contributed by atoms with Crippen molar-refractivity contribution in [3.05, 3.63) is 12.5 Å². The first-order chi connectivity index (χ1) is 23.9. The molecule has 4 unspecified atom stereocenters. The summed E-state index contributed by atoms with van der Waals surface area (Å²) < 4.78 is 90.8. The molecule has 0 bridgehead atoms. The maximum Gasteiger partial charge on any atom is 0.472 e. The Bertz CT molecular complexity index is 945. The summed E-state index contributed by atoms with van der Waals surface area (Å²) in [6, 6.07) is 0. The topological polar surface area (TPSA) is 292 Å². The Morgan fingerprint density at radius 2 is 1.16 bits per heavy atom. The molecule has 0 amide bonds. The highest BCUT2D eigenvalue weighted by Crippen LogP contribution is 2.47. The van der Waals surface area contributed by atoms with E-state index in [9.17, 15) is 23.5 Å². The molecule has 5 N–H and O–H groups in total. The van der Waals surface area contributed by atoms with Crippen LogP contribution in [0.1, 0.15) is 6.42 Å². The molecule has 0 aromatic heterocycles. The zero-order chi connectivity index (χ0) is 37.2. The molecule has 4 atom stereocenters. The van der Waals surface area contributed by atoms with Crippen LogP contribution >= 0.6 is 23.2 Å². The first-order valence-corrected chi connectivity index (χ1v) is 19.8. The van der Waals surface area contributed by atoms with E-state index in [-0.39, 0.29) is 59.4 Å². The molecule has 0 saturated carbocycles. The molecule has 0 aliphatic rings. The van der Waals surface area contributed by atoms with Crippen LogP contribution in [0.25, 0.3) is 0 Å². The minimum absolute atomic E-state index is 0.0138. The molecule has 0 aliphatic carbocycles. The SMILES string of the molecule is CNCOCCC(COP(=O)(O)OCCOCCOCCOCCOCCOCCO)OP(=O)(O)OCCOOOOO/C=C/OP(C)(=O)O. The van der Waals surface area contributed by atoms with E-state index in [2.05, 4.69) is 34.7 Å². The van der Waals surface area contributed by atoms with Gasteiger partial charge in [-0.05, 0) is 18.5 Å². The fourth-order valence-corrected chi connectivity index (χ4v) is 4.62. The van der Waals surface area contributed by atoms with Crippen LogP contribution in [-0.2, 0) is 89.6 Å². The summed E-state index contributed by atoms with van der Waals surface area (Å²) in [5.74, 6) is 0. The molecule has 0 aromatic rings. The molecule has 50 heavy (non-hydrogen) atoms. The fraction of sp³-hybridized carbons (Fsp3) is 0.913. The molecule has 24 nitrogen and oxygen atoms in total. The summed E-state index contributed by atoms with van der Waals surface area (Å²) in [5.41, 5.74) is 0. The van der Waals surface area contributed by atoms with Crippen molar-refractivity contribution >= 4 is 23.2 Å². The van der Waals surface area contributed by atoms with E-state index in [1.54, 1.807) is 7.05 Å². The summed E-state index contributed by atoms with van der Waals surface area (Å²) in [5, 5.41) is 23.3. The number of aliphatic hydroxyl groups is 1. The van der Waals surface area contributed by atoms with Crippen molar-refractivity contribution in [2.75, 3.05) is 126 Å². The Morgan fingerprint density at radius 3 is 1.72 bits per heavy atom. The zero-order valence-corrected chi connectivity index (χ0v) is 30.5. The van der Waals surface area contributed by atoms with Gasteiger partial charge in [-0.1, -0.05) is 0 Å². The van der Waals surface area contributed by atoms with Crippen molar-refractivity contribution < 1.29 is 109 Å². The van der Waals surface area contributed by atoms with E-state index < -0.39 is 49.2 Å². The number of rotatable bonds is 39. The van der Waals surface area contributed by atoms with E-state index >= 15 is 0 Å². The van der Waals surface area contributed by atoms with Gasteiger partial charge in [0.25, 0.3) is 0 Å². The van der Waals surface area contributed by atoms with Crippen molar-refractivity contribution in [2.45, 2.75) is 12.5 Å². The number of ether oxygens (including phenoxy) is 6. The average molecular weight is 802 g/mol. The average Bonchev–Trinajstić information content (AvgIpc) is 3.05. The standard InChI is InChI=1S/C23H50NO23P3/c1-24-22-37-5-3-23(44-50(30,31)42-20-17-39-46-47-45-38-16-19-40-48(2,26)27)21-43-49(28,29)41-18-15-36-14-13-35-12-11-34-10-9-33-8-7-32-6-4-25/h16,19,23-25H,3-15,17-18,20-22H2,1-2H3,(H,26,27)(H,28,29)(H,30,31)/b19-16+. The van der Waals surface area contributed by atoms with E-state index in [1.807, 2.05) is 0 Å². The Labute approximate surface area is 289 Å². The third-order valence-corrected chi connectivity index (χ3v) is 7.24. The van der Waals surface area contributed by atoms with E-state index in [0.29, 0.717) is 52.2 Å². The zero-order valence-electron chi connectivity index (χ0n) is 27.8. The van der Waals surface area contributed by atoms with Gasteiger partial charge in [0.2, 0.25) is 0 Å². The van der Waals surface area contributed by atoms with Crippen LogP contribution in [0.4, 0.5) is 0 Å². The fourth-order valence-electron chi connectivity index (χ4n) is 2.70. The van der Waals surface area contributed by atoms with Crippen LogP contribution in [-0.4, -0.2) is 152 Å². The van der Waals surface area contributed by atoms with Gasteiger partial charge in [0.15, 0.2) is 6.26 Å². The van der Waals surface area contributed by atoms with Crippen molar-refractivity contribution in [2.24, 2.45) is 0 Å². The number of hydrogen-bond acceptors (Lipinski definition) is 21. The number of phosphoric acid groups is 2. The third kappa shape index (κ3) is 37.0. The van der Waals surface area contributed by atoms with Crippen molar-refractivity contribution in [1.82, 2.24) is 5.32 Å². The van der Waals surface area contributed by atoms with Gasteiger partial charge in [-0.3, -0.25) is 23.4 Å². The van der Waals surface area contributed by atoms with Crippen LogP contribution in [0, 0.1) is 0 Å². The Kier molecular flexibility index (Phi) is 32.4. The molecular weight excluding hydrogens is 751 g/mol. The Hall–Kier alpha value is -0.730. The van der Waals surface area contributed by atoms with Crippen LogP contribution < -0.4 is 5.32 Å².